The van der Waals surface area contributed by atoms with E-state index in [1.165, 1.54) is 6.07 Å². The van der Waals surface area contributed by atoms with E-state index in [1.807, 2.05) is 20.8 Å². The van der Waals surface area contributed by atoms with Gasteiger partial charge in [0.05, 0.1) is 0 Å². The van der Waals surface area contributed by atoms with Crippen molar-refractivity contribution in [3.8, 4) is 5.75 Å². The Labute approximate surface area is 157 Å². The van der Waals surface area contributed by atoms with Crippen LogP contribution in [0.4, 0.5) is 0 Å². The number of nitrogens with one attached hydrogen (secondary N) is 1. The fourth-order valence-electron chi connectivity index (χ4n) is 2.93. The maximum atomic E-state index is 12.1. The molecule has 7 heteroatoms. The van der Waals surface area contributed by atoms with Crippen molar-refractivity contribution in [2.24, 2.45) is 5.92 Å². The summed E-state index contributed by atoms with van der Waals surface area (Å²) in [6.45, 7) is 7.14. The first-order valence-electron chi connectivity index (χ1n) is 8.94. The quantitative estimate of drug-likeness (QED) is 0.687. The van der Waals surface area contributed by atoms with Crippen molar-refractivity contribution >= 4 is 22.8 Å². The van der Waals surface area contributed by atoms with Crippen LogP contribution in [-0.2, 0) is 16.0 Å². The third-order valence-electron chi connectivity index (χ3n) is 4.28. The molecule has 0 unspecified atom stereocenters. The SMILES string of the molecule is CCc1cc(=O)oc2c(C)c(OCC(=O)N[C@H](CC(C)C)C(=O)O)ccc12. The molecule has 0 saturated heterocycles. The fourth-order valence-corrected chi connectivity index (χ4v) is 2.93. The zero-order valence-electron chi connectivity index (χ0n) is 16.0. The average molecular weight is 375 g/mol. The van der Waals surface area contributed by atoms with Gasteiger partial charge in [0.15, 0.2) is 6.61 Å². The maximum absolute atomic E-state index is 12.1. The molecule has 0 aliphatic heterocycles. The number of ether oxygens (including phenoxy) is 1. The van der Waals surface area contributed by atoms with Crippen molar-refractivity contribution in [2.75, 3.05) is 6.61 Å². The number of aryl methyl sites for hydroxylation is 2. The summed E-state index contributed by atoms with van der Waals surface area (Å²) in [4.78, 5) is 35.0. The van der Waals surface area contributed by atoms with Crippen LogP contribution in [-0.4, -0.2) is 29.6 Å². The summed E-state index contributed by atoms with van der Waals surface area (Å²) in [5.74, 6) is -1.06. The van der Waals surface area contributed by atoms with Gasteiger partial charge < -0.3 is 19.6 Å². The molecule has 7 nitrogen and oxygen atoms in total. The summed E-state index contributed by atoms with van der Waals surface area (Å²) in [5, 5.41) is 12.5. The fraction of sp³-hybridized carbons (Fsp3) is 0.450. The molecule has 0 spiro atoms. The van der Waals surface area contributed by atoms with Crippen molar-refractivity contribution in [3.63, 3.8) is 0 Å². The Balaban J connectivity index is 2.15. The number of hydrogen-bond donors (Lipinski definition) is 2. The average Bonchev–Trinajstić information content (AvgIpc) is 2.59. The van der Waals surface area contributed by atoms with E-state index in [-0.39, 0.29) is 12.5 Å². The van der Waals surface area contributed by atoms with E-state index in [0.29, 0.717) is 29.7 Å². The minimum atomic E-state index is -1.08. The summed E-state index contributed by atoms with van der Waals surface area (Å²) >= 11 is 0. The molecule has 0 bridgehead atoms. The number of fused-ring (bicyclic) bond motifs is 1. The Bertz CT molecular complexity index is 899. The van der Waals surface area contributed by atoms with Crippen LogP contribution in [0.15, 0.2) is 27.4 Å². The molecule has 1 aromatic heterocycles. The zero-order valence-corrected chi connectivity index (χ0v) is 16.0. The van der Waals surface area contributed by atoms with E-state index < -0.39 is 23.5 Å². The number of carbonyl (C=O) groups is 2. The van der Waals surface area contributed by atoms with Crippen molar-refractivity contribution in [3.05, 3.63) is 39.7 Å². The summed E-state index contributed by atoms with van der Waals surface area (Å²) in [7, 11) is 0. The molecule has 0 aliphatic rings. The van der Waals surface area contributed by atoms with Gasteiger partial charge in [0.2, 0.25) is 0 Å². The Morgan fingerprint density at radius 3 is 2.59 bits per heavy atom. The minimum absolute atomic E-state index is 0.130. The van der Waals surface area contributed by atoms with Gasteiger partial charge >= 0.3 is 11.6 Å². The molecule has 2 N–H and O–H groups in total. The molecular weight excluding hydrogens is 350 g/mol. The van der Waals surface area contributed by atoms with E-state index in [1.54, 1.807) is 19.1 Å². The Kier molecular flexibility index (Phi) is 6.60. The number of carboxylic acids is 1. The predicted molar refractivity (Wildman–Crippen MR) is 101 cm³/mol. The van der Waals surface area contributed by atoms with Crippen molar-refractivity contribution in [1.29, 1.82) is 0 Å². The lowest BCUT2D eigenvalue weighted by Crippen LogP contribution is -2.43. The molecule has 0 radical (unpaired) electrons. The summed E-state index contributed by atoms with van der Waals surface area (Å²) in [6.07, 6.45) is 1.03. The number of aliphatic carboxylic acids is 1. The molecule has 1 amide bonds. The molecule has 0 aliphatic carbocycles. The number of carbonyl (C=O) groups excluding carboxylic acids is 1. The van der Waals surface area contributed by atoms with Gasteiger partial charge in [-0.25, -0.2) is 9.59 Å². The lowest BCUT2D eigenvalue weighted by atomic mass is 10.0. The highest BCUT2D eigenvalue weighted by molar-refractivity contribution is 5.86. The molecule has 2 aromatic rings. The molecule has 2 rings (SSSR count). The molecule has 146 valence electrons. The Morgan fingerprint density at radius 2 is 2.00 bits per heavy atom. The van der Waals surface area contributed by atoms with Gasteiger partial charge in [0.25, 0.3) is 5.91 Å². The normalized spacial score (nSPS) is 12.2. The standard InChI is InChI=1S/C20H25NO6/c1-5-13-9-18(23)27-19-12(4)16(7-6-14(13)19)26-10-17(22)21-15(20(24)25)8-11(2)3/h6-7,9,11,15H,5,8,10H2,1-4H3,(H,21,22)(H,24,25)/t15-/m1/s1. The third kappa shape index (κ3) is 5.09. The van der Waals surface area contributed by atoms with Gasteiger partial charge in [0, 0.05) is 17.0 Å². The number of carboxylic acid groups (broad SMARTS) is 1. The van der Waals surface area contributed by atoms with Crippen LogP contribution in [0.2, 0.25) is 0 Å². The van der Waals surface area contributed by atoms with Gasteiger partial charge in [-0.1, -0.05) is 20.8 Å². The second-order valence-electron chi connectivity index (χ2n) is 6.89. The Morgan fingerprint density at radius 1 is 1.30 bits per heavy atom. The molecular formula is C20H25NO6. The van der Waals surface area contributed by atoms with Crippen LogP contribution in [0, 0.1) is 12.8 Å². The smallest absolute Gasteiger partial charge is 0.336 e. The lowest BCUT2D eigenvalue weighted by molar-refractivity contribution is -0.142. The third-order valence-corrected chi connectivity index (χ3v) is 4.28. The monoisotopic (exact) mass is 375 g/mol. The van der Waals surface area contributed by atoms with Gasteiger partial charge in [-0.05, 0) is 43.4 Å². The highest BCUT2D eigenvalue weighted by atomic mass is 16.5. The molecule has 1 heterocycles. The molecule has 0 fully saturated rings. The molecule has 27 heavy (non-hydrogen) atoms. The maximum Gasteiger partial charge on any atom is 0.336 e. The van der Waals surface area contributed by atoms with E-state index >= 15 is 0 Å². The van der Waals surface area contributed by atoms with Gasteiger partial charge in [-0.2, -0.15) is 0 Å². The first kappa shape index (κ1) is 20.5. The number of amides is 1. The first-order valence-corrected chi connectivity index (χ1v) is 8.94. The Hall–Kier alpha value is -2.83. The van der Waals surface area contributed by atoms with Crippen molar-refractivity contribution in [1.82, 2.24) is 5.32 Å². The molecule has 0 saturated carbocycles. The van der Waals surface area contributed by atoms with Crippen LogP contribution in [0.1, 0.15) is 38.3 Å². The van der Waals surface area contributed by atoms with Gasteiger partial charge in [0.1, 0.15) is 17.4 Å². The highest BCUT2D eigenvalue weighted by Gasteiger charge is 2.21. The molecule has 1 atom stereocenters. The van der Waals surface area contributed by atoms with Gasteiger partial charge in [-0.3, -0.25) is 4.79 Å². The highest BCUT2D eigenvalue weighted by Crippen LogP contribution is 2.28. The van der Waals surface area contributed by atoms with Crippen LogP contribution in [0.5, 0.6) is 5.75 Å². The van der Waals surface area contributed by atoms with Crippen LogP contribution in [0.3, 0.4) is 0 Å². The summed E-state index contributed by atoms with van der Waals surface area (Å²) < 4.78 is 10.8. The number of benzene rings is 1. The summed E-state index contributed by atoms with van der Waals surface area (Å²) in [5.41, 5.74) is 1.49. The van der Waals surface area contributed by atoms with Crippen LogP contribution >= 0.6 is 0 Å². The predicted octanol–water partition coefficient (Wildman–Crippen LogP) is 2.66. The lowest BCUT2D eigenvalue weighted by Gasteiger charge is -2.17. The molecule has 1 aromatic carbocycles. The first-order chi connectivity index (χ1) is 12.7. The van der Waals surface area contributed by atoms with E-state index in [0.717, 1.165) is 10.9 Å². The zero-order chi connectivity index (χ0) is 20.1. The van der Waals surface area contributed by atoms with Crippen molar-refractivity contribution < 1.29 is 23.8 Å². The van der Waals surface area contributed by atoms with Crippen LogP contribution < -0.4 is 15.7 Å². The summed E-state index contributed by atoms with van der Waals surface area (Å²) in [6, 6.07) is 4.02. The van der Waals surface area contributed by atoms with Crippen molar-refractivity contribution in [2.45, 2.75) is 46.6 Å². The van der Waals surface area contributed by atoms with E-state index in [4.69, 9.17) is 9.15 Å². The topological polar surface area (TPSA) is 106 Å². The second-order valence-corrected chi connectivity index (χ2v) is 6.89. The largest absolute Gasteiger partial charge is 0.483 e. The van der Waals surface area contributed by atoms with E-state index in [2.05, 4.69) is 5.32 Å². The van der Waals surface area contributed by atoms with Gasteiger partial charge in [-0.15, -0.1) is 0 Å². The van der Waals surface area contributed by atoms with E-state index in [9.17, 15) is 19.5 Å². The second kappa shape index (κ2) is 8.70. The minimum Gasteiger partial charge on any atom is -0.483 e. The van der Waals surface area contributed by atoms with Crippen LogP contribution in [0.25, 0.3) is 11.0 Å². The number of rotatable bonds is 8. The number of hydrogen-bond acceptors (Lipinski definition) is 5.